The first kappa shape index (κ1) is 32.5. The maximum Gasteiger partial charge on any atom is 0.221 e. The molecule has 0 aliphatic rings. The Hall–Kier alpha value is -2.76. The third-order valence-electron chi connectivity index (χ3n) is 7.02. The molecule has 2 unspecified atom stereocenters. The summed E-state index contributed by atoms with van der Waals surface area (Å²) in [5.74, 6) is 0.980. The summed E-state index contributed by atoms with van der Waals surface area (Å²) < 4.78 is 0. The standard InChI is InChI=1S/C30H42ClN5O2S/c1-6-10-12-22(8-3)18-36(19-23(9-4)13-11-7-2)24-14-15-26(27(16-24)33-21(5)38)34-35-30-25(17-32)29(31)28(20-37)39-30/h14-16,20,22-23H,6-13,18-19H2,1-5H3,(H,33,38). The molecule has 2 atom stereocenters. The van der Waals surface area contributed by atoms with Crippen LogP contribution >= 0.6 is 22.9 Å². The van der Waals surface area contributed by atoms with Crippen LogP contribution in [0, 0.1) is 23.2 Å². The summed E-state index contributed by atoms with van der Waals surface area (Å²) in [5, 5.41) is 21.3. The van der Waals surface area contributed by atoms with E-state index in [2.05, 4.69) is 48.1 Å². The van der Waals surface area contributed by atoms with Crippen LogP contribution in [-0.2, 0) is 4.79 Å². The highest BCUT2D eigenvalue weighted by atomic mass is 35.5. The predicted molar refractivity (Wildman–Crippen MR) is 163 cm³/mol. The van der Waals surface area contributed by atoms with E-state index in [0.717, 1.165) is 43.0 Å². The molecule has 1 aromatic carbocycles. The normalized spacial score (nSPS) is 12.7. The Balaban J connectivity index is 2.47. The lowest BCUT2D eigenvalue weighted by Gasteiger charge is -2.33. The molecule has 1 aromatic heterocycles. The lowest BCUT2D eigenvalue weighted by molar-refractivity contribution is -0.114. The van der Waals surface area contributed by atoms with Crippen molar-refractivity contribution >= 4 is 57.2 Å². The number of carbonyl (C=O) groups excluding carboxylic acids is 2. The molecule has 0 aliphatic heterocycles. The minimum atomic E-state index is -0.209. The topological polar surface area (TPSA) is 97.9 Å². The molecule has 0 saturated heterocycles. The fraction of sp³-hybridized carbons (Fsp3) is 0.567. The molecule has 1 amide bonds. The number of carbonyl (C=O) groups is 2. The van der Waals surface area contributed by atoms with E-state index >= 15 is 0 Å². The van der Waals surface area contributed by atoms with Gasteiger partial charge in [0.15, 0.2) is 11.3 Å². The van der Waals surface area contributed by atoms with Crippen LogP contribution in [0.25, 0.3) is 0 Å². The van der Waals surface area contributed by atoms with E-state index in [-0.39, 0.29) is 26.4 Å². The van der Waals surface area contributed by atoms with Gasteiger partial charge in [-0.3, -0.25) is 9.59 Å². The SMILES string of the molecule is CCCCC(CC)CN(CC(CC)CCCC)c1ccc(N=Nc2sc(C=O)c(Cl)c2C#N)c(NC(C)=O)c1. The first-order valence-corrected chi connectivity index (χ1v) is 15.3. The number of thiophene rings is 1. The van der Waals surface area contributed by atoms with E-state index in [0.29, 0.717) is 29.5 Å². The molecule has 39 heavy (non-hydrogen) atoms. The van der Waals surface area contributed by atoms with Gasteiger partial charge >= 0.3 is 0 Å². The zero-order chi connectivity index (χ0) is 28.8. The van der Waals surface area contributed by atoms with Crippen LogP contribution in [-0.4, -0.2) is 25.3 Å². The second kappa shape index (κ2) is 17.0. The molecule has 212 valence electrons. The summed E-state index contributed by atoms with van der Waals surface area (Å²) in [4.78, 5) is 26.1. The highest BCUT2D eigenvalue weighted by Crippen LogP contribution is 2.40. The van der Waals surface area contributed by atoms with E-state index in [9.17, 15) is 14.9 Å². The lowest BCUT2D eigenvalue weighted by atomic mass is 9.95. The molecular formula is C30H42ClN5O2S. The van der Waals surface area contributed by atoms with E-state index < -0.39 is 0 Å². The van der Waals surface area contributed by atoms with Gasteiger partial charge in [-0.1, -0.05) is 77.8 Å². The van der Waals surface area contributed by atoms with Crippen molar-refractivity contribution in [1.29, 1.82) is 5.26 Å². The van der Waals surface area contributed by atoms with Crippen molar-refractivity contribution < 1.29 is 9.59 Å². The van der Waals surface area contributed by atoms with E-state index in [1.54, 1.807) is 0 Å². The Morgan fingerprint density at radius 1 is 1.10 bits per heavy atom. The van der Waals surface area contributed by atoms with Crippen molar-refractivity contribution in [3.63, 3.8) is 0 Å². The Morgan fingerprint density at radius 2 is 1.72 bits per heavy atom. The van der Waals surface area contributed by atoms with Crippen molar-refractivity contribution in [3.8, 4) is 6.07 Å². The van der Waals surface area contributed by atoms with Gasteiger partial charge < -0.3 is 10.2 Å². The van der Waals surface area contributed by atoms with Gasteiger partial charge in [-0.15, -0.1) is 21.6 Å². The zero-order valence-corrected chi connectivity index (χ0v) is 25.5. The van der Waals surface area contributed by atoms with Gasteiger partial charge in [0.1, 0.15) is 17.3 Å². The molecule has 7 nitrogen and oxygen atoms in total. The molecule has 1 N–H and O–H groups in total. The van der Waals surface area contributed by atoms with Crippen LogP contribution in [0.5, 0.6) is 0 Å². The number of hydrogen-bond donors (Lipinski definition) is 1. The summed E-state index contributed by atoms with van der Waals surface area (Å²) >= 11 is 7.14. The Kier molecular flexibility index (Phi) is 14.2. The number of nitrogens with one attached hydrogen (secondary N) is 1. The summed E-state index contributed by atoms with van der Waals surface area (Å²) in [5.41, 5.74) is 2.18. The molecule has 0 aliphatic carbocycles. The van der Waals surface area contributed by atoms with Crippen molar-refractivity contribution in [2.75, 3.05) is 23.3 Å². The summed E-state index contributed by atoms with van der Waals surface area (Å²) in [6.07, 6.45) is 10.1. The molecule has 2 aromatic rings. The molecule has 0 fully saturated rings. The van der Waals surface area contributed by atoms with Crippen LogP contribution in [0.2, 0.25) is 5.02 Å². The van der Waals surface area contributed by atoms with Gasteiger partial charge in [0, 0.05) is 25.7 Å². The molecule has 0 bridgehead atoms. The smallest absolute Gasteiger partial charge is 0.221 e. The number of azo groups is 1. The highest BCUT2D eigenvalue weighted by molar-refractivity contribution is 7.18. The molecule has 0 spiro atoms. The fourth-order valence-corrected chi connectivity index (χ4v) is 5.73. The molecule has 1 heterocycles. The van der Waals surface area contributed by atoms with E-state index in [1.807, 2.05) is 24.3 Å². The van der Waals surface area contributed by atoms with E-state index in [1.165, 1.54) is 45.4 Å². The molecular weight excluding hydrogens is 530 g/mol. The quantitative estimate of drug-likeness (QED) is 0.151. The number of nitrogens with zero attached hydrogens (tertiary/aromatic N) is 4. The predicted octanol–water partition coefficient (Wildman–Crippen LogP) is 9.70. The van der Waals surface area contributed by atoms with Crippen molar-refractivity contribution in [3.05, 3.63) is 33.7 Å². The van der Waals surface area contributed by atoms with E-state index in [4.69, 9.17) is 11.6 Å². The zero-order valence-electron chi connectivity index (χ0n) is 23.9. The Morgan fingerprint density at radius 3 is 2.21 bits per heavy atom. The van der Waals surface area contributed by atoms with Gasteiger partial charge in [0.05, 0.1) is 15.6 Å². The third-order valence-corrected chi connectivity index (χ3v) is 8.53. The fourth-order valence-electron chi connectivity index (χ4n) is 4.60. The monoisotopic (exact) mass is 571 g/mol. The average molecular weight is 572 g/mol. The van der Waals surface area contributed by atoms with Gasteiger partial charge in [-0.05, 0) is 42.9 Å². The number of anilines is 2. The summed E-state index contributed by atoms with van der Waals surface area (Å²) in [7, 11) is 0. The van der Waals surface area contributed by atoms with Gasteiger partial charge in [0.2, 0.25) is 5.91 Å². The van der Waals surface area contributed by atoms with Crippen molar-refractivity contribution in [1.82, 2.24) is 0 Å². The Labute approximate surface area is 242 Å². The molecule has 0 radical (unpaired) electrons. The van der Waals surface area contributed by atoms with Crippen LogP contribution in [0.1, 0.15) is 101 Å². The number of halogens is 1. The van der Waals surface area contributed by atoms with Crippen LogP contribution in [0.15, 0.2) is 28.4 Å². The van der Waals surface area contributed by atoms with Crippen LogP contribution < -0.4 is 10.2 Å². The summed E-state index contributed by atoms with van der Waals surface area (Å²) in [6.45, 7) is 12.4. The highest BCUT2D eigenvalue weighted by Gasteiger charge is 2.20. The van der Waals surface area contributed by atoms with Crippen molar-refractivity contribution in [2.45, 2.75) is 86.0 Å². The largest absolute Gasteiger partial charge is 0.371 e. The van der Waals surface area contributed by atoms with Crippen LogP contribution in [0.4, 0.5) is 22.1 Å². The minimum absolute atomic E-state index is 0.0848. The maximum absolute atomic E-state index is 12.1. The first-order chi connectivity index (χ1) is 18.8. The van der Waals surface area contributed by atoms with Crippen LogP contribution in [0.3, 0.4) is 0 Å². The first-order valence-electron chi connectivity index (χ1n) is 14.1. The number of benzene rings is 1. The second-order valence-electron chi connectivity index (χ2n) is 10.0. The Bertz CT molecular complexity index is 1140. The maximum atomic E-state index is 12.1. The number of unbranched alkanes of at least 4 members (excludes halogenated alkanes) is 2. The van der Waals surface area contributed by atoms with Crippen molar-refractivity contribution in [2.24, 2.45) is 22.1 Å². The second-order valence-corrected chi connectivity index (χ2v) is 11.4. The lowest BCUT2D eigenvalue weighted by Crippen LogP contribution is -2.34. The van der Waals surface area contributed by atoms with Gasteiger partial charge in [-0.2, -0.15) is 5.26 Å². The average Bonchev–Trinajstić information content (AvgIpc) is 3.25. The van der Waals surface area contributed by atoms with Gasteiger partial charge in [0.25, 0.3) is 0 Å². The minimum Gasteiger partial charge on any atom is -0.371 e. The molecule has 0 saturated carbocycles. The summed E-state index contributed by atoms with van der Waals surface area (Å²) in [6, 6.07) is 7.84. The number of hydrogen-bond acceptors (Lipinski definition) is 7. The molecule has 2 rings (SSSR count). The third kappa shape index (κ3) is 9.74. The molecule has 9 heteroatoms. The number of rotatable bonds is 17. The van der Waals surface area contributed by atoms with Gasteiger partial charge in [-0.25, -0.2) is 0 Å². The number of aldehydes is 1. The number of amides is 1. The number of nitriles is 1.